The van der Waals surface area contributed by atoms with Crippen molar-refractivity contribution in [3.05, 3.63) is 23.3 Å². The molecule has 0 aliphatic heterocycles. The van der Waals surface area contributed by atoms with Gasteiger partial charge in [0.1, 0.15) is 0 Å². The summed E-state index contributed by atoms with van der Waals surface area (Å²) >= 11 is 0. The van der Waals surface area contributed by atoms with E-state index in [4.69, 9.17) is 0 Å². The second kappa shape index (κ2) is 3.85. The Morgan fingerprint density at radius 2 is 2.13 bits per heavy atom. The fourth-order valence-corrected chi connectivity index (χ4v) is 3.40. The van der Waals surface area contributed by atoms with Gasteiger partial charge in [-0.05, 0) is 57.1 Å². The Hall–Kier alpha value is -1.03. The first kappa shape index (κ1) is 10.5. The molecule has 1 heteroatoms. The van der Waals surface area contributed by atoms with Gasteiger partial charge in [0.25, 0.3) is 0 Å². The van der Waals surface area contributed by atoms with Crippen molar-refractivity contribution in [2.75, 3.05) is 0 Å². The van der Waals surface area contributed by atoms with Crippen molar-refractivity contribution in [3.63, 3.8) is 0 Å². The van der Waals surface area contributed by atoms with Gasteiger partial charge in [0.15, 0.2) is 0 Å². The zero-order valence-electron chi connectivity index (χ0n) is 9.71. The predicted octanol–water partition coefficient (Wildman–Crippen LogP) is 3.98. The smallest absolute Gasteiger partial charge is 0.0665 e. The molecule has 0 aromatic heterocycles. The molecule has 2 aliphatic carbocycles. The molecule has 0 radical (unpaired) electrons. The number of allylic oxidation sites excluding steroid dienone is 4. The average molecular weight is 201 g/mol. The second-order valence-electron chi connectivity index (χ2n) is 4.75. The van der Waals surface area contributed by atoms with Crippen LogP contribution in [0.4, 0.5) is 0 Å². The van der Waals surface area contributed by atoms with E-state index < -0.39 is 0 Å². The minimum atomic E-state index is 0.240. The molecule has 0 N–H and O–H groups in total. The molecule has 1 spiro atoms. The molecule has 2 rings (SSSR count). The third-order valence-corrected chi connectivity index (χ3v) is 4.29. The van der Waals surface area contributed by atoms with Crippen LogP contribution in [-0.4, -0.2) is 0 Å². The van der Waals surface area contributed by atoms with Crippen LogP contribution >= 0.6 is 0 Å². The molecule has 2 atom stereocenters. The van der Waals surface area contributed by atoms with E-state index >= 15 is 0 Å². The van der Waals surface area contributed by atoms with Gasteiger partial charge in [-0.2, -0.15) is 5.26 Å². The fourth-order valence-electron chi connectivity index (χ4n) is 3.40. The second-order valence-corrected chi connectivity index (χ2v) is 4.75. The molecule has 80 valence electrons. The molecule has 2 fully saturated rings. The van der Waals surface area contributed by atoms with Gasteiger partial charge in [-0.25, -0.2) is 0 Å². The maximum absolute atomic E-state index is 9.18. The molecule has 0 saturated heterocycles. The van der Waals surface area contributed by atoms with E-state index in [9.17, 15) is 5.26 Å². The van der Waals surface area contributed by atoms with E-state index in [2.05, 4.69) is 32.1 Å². The molecule has 1 nitrogen and oxygen atoms in total. The third kappa shape index (κ3) is 1.35. The summed E-state index contributed by atoms with van der Waals surface area (Å²) in [6.45, 7) is 4.25. The summed E-state index contributed by atoms with van der Waals surface area (Å²) in [6.07, 6.45) is 10.5. The molecule has 0 aromatic carbocycles. The van der Waals surface area contributed by atoms with Crippen LogP contribution in [0.5, 0.6) is 0 Å². The van der Waals surface area contributed by atoms with Crippen molar-refractivity contribution in [3.8, 4) is 6.07 Å². The van der Waals surface area contributed by atoms with E-state index in [1.54, 1.807) is 0 Å². The van der Waals surface area contributed by atoms with Crippen LogP contribution in [0.1, 0.15) is 46.0 Å². The van der Waals surface area contributed by atoms with Gasteiger partial charge in [0.2, 0.25) is 0 Å². The van der Waals surface area contributed by atoms with E-state index in [1.807, 2.05) is 0 Å². The van der Waals surface area contributed by atoms with E-state index in [1.165, 1.54) is 36.8 Å². The minimum Gasteiger partial charge on any atom is -0.198 e. The first-order valence-corrected chi connectivity index (χ1v) is 6.00. The van der Waals surface area contributed by atoms with Crippen LogP contribution in [0.25, 0.3) is 0 Å². The molecule has 0 heterocycles. The van der Waals surface area contributed by atoms with Crippen molar-refractivity contribution in [2.45, 2.75) is 46.0 Å². The van der Waals surface area contributed by atoms with Crippen LogP contribution in [0, 0.1) is 22.7 Å². The normalized spacial score (nSPS) is 40.5. The molecule has 0 amide bonds. The number of nitrogens with zero attached hydrogens (tertiary/aromatic N) is 1. The van der Waals surface area contributed by atoms with Gasteiger partial charge < -0.3 is 0 Å². The van der Waals surface area contributed by atoms with Crippen molar-refractivity contribution in [2.24, 2.45) is 11.3 Å². The fraction of sp³-hybridized carbons (Fsp3) is 0.643. The van der Waals surface area contributed by atoms with Gasteiger partial charge in [0, 0.05) is 5.41 Å². The maximum atomic E-state index is 9.18. The van der Waals surface area contributed by atoms with E-state index in [0.717, 1.165) is 6.42 Å². The van der Waals surface area contributed by atoms with Crippen molar-refractivity contribution in [1.82, 2.24) is 0 Å². The zero-order valence-corrected chi connectivity index (χ0v) is 9.71. The van der Waals surface area contributed by atoms with E-state index in [0.29, 0.717) is 0 Å². The van der Waals surface area contributed by atoms with Crippen molar-refractivity contribution < 1.29 is 0 Å². The lowest BCUT2D eigenvalue weighted by Crippen LogP contribution is -2.43. The number of hydrogen-bond donors (Lipinski definition) is 0. The highest BCUT2D eigenvalue weighted by atomic mass is 14.5. The average Bonchev–Trinajstić information content (AvgIpc) is 2.26. The molecule has 2 aliphatic rings. The molecule has 15 heavy (non-hydrogen) atoms. The Kier molecular flexibility index (Phi) is 2.69. The van der Waals surface area contributed by atoms with Crippen LogP contribution < -0.4 is 0 Å². The van der Waals surface area contributed by atoms with Crippen molar-refractivity contribution in [1.29, 1.82) is 5.26 Å². The van der Waals surface area contributed by atoms with Crippen LogP contribution in [0.15, 0.2) is 23.3 Å². The Morgan fingerprint density at radius 3 is 2.60 bits per heavy atom. The van der Waals surface area contributed by atoms with Crippen LogP contribution in [0.3, 0.4) is 0 Å². The summed E-state index contributed by atoms with van der Waals surface area (Å²) in [6, 6.07) is 2.50. The van der Waals surface area contributed by atoms with Crippen molar-refractivity contribution >= 4 is 0 Å². The SMILES string of the molecule is CC=C1CCCC2(CCC2C#N)C1=CC. The predicted molar refractivity (Wildman–Crippen MR) is 62.1 cm³/mol. The highest BCUT2D eigenvalue weighted by molar-refractivity contribution is 5.42. The Balaban J connectivity index is 2.36. The Morgan fingerprint density at radius 1 is 1.33 bits per heavy atom. The molecule has 0 bridgehead atoms. The number of rotatable bonds is 0. The van der Waals surface area contributed by atoms with E-state index in [-0.39, 0.29) is 11.3 Å². The van der Waals surface area contributed by atoms with Crippen LogP contribution in [-0.2, 0) is 0 Å². The van der Waals surface area contributed by atoms with Gasteiger partial charge >= 0.3 is 0 Å². The van der Waals surface area contributed by atoms with Gasteiger partial charge in [-0.15, -0.1) is 0 Å². The lowest BCUT2D eigenvalue weighted by molar-refractivity contribution is 0.0947. The quantitative estimate of drug-likeness (QED) is 0.581. The highest BCUT2D eigenvalue weighted by Crippen LogP contribution is 2.59. The first-order valence-electron chi connectivity index (χ1n) is 6.00. The molecular formula is C14H19N. The number of hydrogen-bond acceptors (Lipinski definition) is 1. The maximum Gasteiger partial charge on any atom is 0.0665 e. The monoisotopic (exact) mass is 201 g/mol. The third-order valence-electron chi connectivity index (χ3n) is 4.29. The summed E-state index contributed by atoms with van der Waals surface area (Å²) in [5.74, 6) is 0.277. The molecule has 0 aromatic rings. The van der Waals surface area contributed by atoms with Crippen LogP contribution in [0.2, 0.25) is 0 Å². The Bertz CT molecular complexity index is 356. The topological polar surface area (TPSA) is 23.8 Å². The van der Waals surface area contributed by atoms with Gasteiger partial charge in [0.05, 0.1) is 12.0 Å². The minimum absolute atomic E-state index is 0.240. The lowest BCUT2D eigenvalue weighted by atomic mass is 9.51. The standard InChI is InChI=1S/C14H19N/c1-3-11-6-5-8-14(13(11)4-2)9-7-12(14)10-15/h3-4,12H,5-9H2,1-2H3. The summed E-state index contributed by atoms with van der Waals surface area (Å²) < 4.78 is 0. The largest absolute Gasteiger partial charge is 0.198 e. The molecular weight excluding hydrogens is 182 g/mol. The zero-order chi connectivity index (χ0) is 10.9. The summed E-state index contributed by atoms with van der Waals surface area (Å²) in [4.78, 5) is 0. The van der Waals surface area contributed by atoms with Gasteiger partial charge in [-0.1, -0.05) is 12.2 Å². The molecule has 2 unspecified atom stereocenters. The number of nitriles is 1. The summed E-state index contributed by atoms with van der Waals surface area (Å²) in [5, 5.41) is 9.18. The Labute approximate surface area is 92.5 Å². The highest BCUT2D eigenvalue weighted by Gasteiger charge is 2.50. The summed E-state index contributed by atoms with van der Waals surface area (Å²) in [5.41, 5.74) is 3.21. The lowest BCUT2D eigenvalue weighted by Gasteiger charge is -2.51. The van der Waals surface area contributed by atoms with Gasteiger partial charge in [-0.3, -0.25) is 0 Å². The molecule has 2 saturated carbocycles. The summed E-state index contributed by atoms with van der Waals surface area (Å²) in [7, 11) is 0. The first-order chi connectivity index (χ1) is 7.28.